The molecule has 1 aromatic heterocycles. The number of amides is 1. The van der Waals surface area contributed by atoms with Crippen LogP contribution in [-0.4, -0.2) is 63.6 Å². The average molecular weight is 431 g/mol. The van der Waals surface area contributed by atoms with E-state index in [4.69, 9.17) is 0 Å². The predicted molar refractivity (Wildman–Crippen MR) is 120 cm³/mol. The van der Waals surface area contributed by atoms with Crippen LogP contribution < -0.4 is 4.90 Å². The minimum absolute atomic E-state index is 0.0268. The van der Waals surface area contributed by atoms with Gasteiger partial charge in [0.15, 0.2) is 0 Å². The Labute approximate surface area is 182 Å². The monoisotopic (exact) mass is 430 g/mol. The van der Waals surface area contributed by atoms with E-state index < -0.39 is 5.97 Å². The number of hydrogen-bond acceptors (Lipinski definition) is 5. The molecule has 2 aromatic rings. The fraction of sp³-hybridized carbons (Fsp3) is 0.500. The Morgan fingerprint density at radius 2 is 1.77 bits per heavy atom. The molecule has 1 saturated heterocycles. The minimum atomic E-state index is -1.01. The zero-order valence-corrected chi connectivity index (χ0v) is 19.1. The summed E-state index contributed by atoms with van der Waals surface area (Å²) in [5.41, 5.74) is 3.25. The average Bonchev–Trinajstić information content (AvgIpc) is 2.98. The van der Waals surface area contributed by atoms with E-state index in [9.17, 15) is 14.7 Å². The first-order valence-electron chi connectivity index (χ1n) is 10.1. The number of piperazine rings is 1. The molecule has 0 saturated carbocycles. The highest BCUT2D eigenvalue weighted by Gasteiger charge is 2.27. The Morgan fingerprint density at radius 3 is 2.37 bits per heavy atom. The number of anilines is 1. The second kappa shape index (κ2) is 8.71. The number of rotatable bonds is 5. The van der Waals surface area contributed by atoms with Crippen LogP contribution in [0.4, 0.5) is 5.69 Å². The zero-order chi connectivity index (χ0) is 22.1. The van der Waals surface area contributed by atoms with Crippen LogP contribution in [0.15, 0.2) is 29.3 Å². The molecule has 1 aliphatic heterocycles. The molecular weight excluding hydrogens is 400 g/mol. The zero-order valence-electron chi connectivity index (χ0n) is 18.3. The number of nitrogens with zero attached hydrogens (tertiary/aromatic N) is 4. The van der Waals surface area contributed by atoms with Crippen LogP contribution in [0.1, 0.15) is 42.4 Å². The van der Waals surface area contributed by atoms with Crippen LogP contribution in [0.5, 0.6) is 0 Å². The van der Waals surface area contributed by atoms with E-state index in [1.165, 1.54) is 27.7 Å². The van der Waals surface area contributed by atoms with Gasteiger partial charge in [0.05, 0.1) is 11.4 Å². The smallest absolute Gasteiger partial charge is 0.340 e. The molecule has 2 heterocycles. The molecule has 1 N–H and O–H groups in total. The first-order chi connectivity index (χ1) is 14.1. The van der Waals surface area contributed by atoms with Crippen molar-refractivity contribution in [3.63, 3.8) is 0 Å². The van der Waals surface area contributed by atoms with Crippen LogP contribution in [-0.2, 0) is 17.3 Å². The SMILES string of the molecule is Cc1nn(C)c(SCC(=O)N2CCN(c3ccccc3C(C)(C)C)CC2)c1C(=O)O. The Kier molecular flexibility index (Phi) is 6.45. The molecule has 1 amide bonds. The van der Waals surface area contributed by atoms with Gasteiger partial charge in [-0.25, -0.2) is 4.79 Å². The summed E-state index contributed by atoms with van der Waals surface area (Å²) in [6, 6.07) is 8.48. The molecule has 0 bridgehead atoms. The summed E-state index contributed by atoms with van der Waals surface area (Å²) in [4.78, 5) is 28.5. The Balaban J connectivity index is 1.62. The maximum Gasteiger partial charge on any atom is 0.340 e. The van der Waals surface area contributed by atoms with Crippen molar-refractivity contribution >= 4 is 29.3 Å². The molecule has 0 unspecified atom stereocenters. The van der Waals surface area contributed by atoms with Crippen LogP contribution in [0.2, 0.25) is 0 Å². The molecule has 0 aliphatic carbocycles. The lowest BCUT2D eigenvalue weighted by Crippen LogP contribution is -2.49. The quantitative estimate of drug-likeness (QED) is 0.734. The van der Waals surface area contributed by atoms with E-state index in [1.807, 2.05) is 4.90 Å². The summed E-state index contributed by atoms with van der Waals surface area (Å²) >= 11 is 1.24. The topological polar surface area (TPSA) is 78.7 Å². The molecule has 3 rings (SSSR count). The molecule has 1 fully saturated rings. The predicted octanol–water partition coefficient (Wildman–Crippen LogP) is 3.17. The number of thioether (sulfide) groups is 1. The number of benzene rings is 1. The van der Waals surface area contributed by atoms with Crippen molar-refractivity contribution in [1.82, 2.24) is 14.7 Å². The molecule has 7 nitrogen and oxygen atoms in total. The number of aromatic nitrogens is 2. The summed E-state index contributed by atoms with van der Waals surface area (Å²) in [5, 5.41) is 14.1. The Hall–Kier alpha value is -2.48. The summed E-state index contributed by atoms with van der Waals surface area (Å²) < 4.78 is 1.54. The lowest BCUT2D eigenvalue weighted by molar-refractivity contribution is -0.128. The van der Waals surface area contributed by atoms with E-state index in [1.54, 1.807) is 14.0 Å². The molecule has 0 radical (unpaired) electrons. The van der Waals surface area contributed by atoms with E-state index in [0.29, 0.717) is 23.8 Å². The Bertz CT molecular complexity index is 940. The van der Waals surface area contributed by atoms with Gasteiger partial charge in [-0.05, 0) is 24.0 Å². The minimum Gasteiger partial charge on any atom is -0.478 e. The van der Waals surface area contributed by atoms with Gasteiger partial charge in [0.1, 0.15) is 10.6 Å². The number of aromatic carboxylic acids is 1. The highest BCUT2D eigenvalue weighted by Crippen LogP contribution is 2.32. The van der Waals surface area contributed by atoms with Crippen LogP contribution in [0.3, 0.4) is 0 Å². The van der Waals surface area contributed by atoms with Crippen molar-refractivity contribution in [2.45, 2.75) is 38.1 Å². The highest BCUT2D eigenvalue weighted by atomic mass is 32.2. The van der Waals surface area contributed by atoms with E-state index in [0.717, 1.165) is 13.1 Å². The molecule has 1 aromatic carbocycles. The van der Waals surface area contributed by atoms with Gasteiger partial charge >= 0.3 is 5.97 Å². The van der Waals surface area contributed by atoms with Crippen molar-refractivity contribution in [1.29, 1.82) is 0 Å². The molecule has 162 valence electrons. The molecular formula is C22H30N4O3S. The number of carbonyl (C=O) groups is 2. The van der Waals surface area contributed by atoms with Gasteiger partial charge in [-0.3, -0.25) is 9.48 Å². The third-order valence-corrected chi connectivity index (χ3v) is 6.53. The van der Waals surface area contributed by atoms with Crippen LogP contribution >= 0.6 is 11.8 Å². The van der Waals surface area contributed by atoms with Crippen LogP contribution in [0, 0.1) is 6.92 Å². The largest absolute Gasteiger partial charge is 0.478 e. The number of carboxylic acid groups (broad SMARTS) is 1. The maximum absolute atomic E-state index is 12.7. The maximum atomic E-state index is 12.7. The molecule has 0 atom stereocenters. The second-order valence-corrected chi connectivity index (χ2v) is 9.58. The summed E-state index contributed by atoms with van der Waals surface area (Å²) in [7, 11) is 1.71. The van der Waals surface area contributed by atoms with Gasteiger partial charge in [-0.2, -0.15) is 5.10 Å². The summed E-state index contributed by atoms with van der Waals surface area (Å²) in [6.07, 6.45) is 0. The van der Waals surface area contributed by atoms with Gasteiger partial charge in [0, 0.05) is 38.9 Å². The van der Waals surface area contributed by atoms with Gasteiger partial charge in [-0.1, -0.05) is 50.7 Å². The van der Waals surface area contributed by atoms with Gasteiger partial charge in [0.25, 0.3) is 0 Å². The fourth-order valence-corrected chi connectivity index (χ4v) is 4.90. The van der Waals surface area contributed by atoms with E-state index in [-0.39, 0.29) is 22.6 Å². The van der Waals surface area contributed by atoms with Gasteiger partial charge < -0.3 is 14.9 Å². The second-order valence-electron chi connectivity index (χ2n) is 8.62. The first kappa shape index (κ1) is 22.2. The third kappa shape index (κ3) is 4.64. The molecule has 0 spiro atoms. The van der Waals surface area contributed by atoms with Gasteiger partial charge in [0.2, 0.25) is 5.91 Å². The van der Waals surface area contributed by atoms with Gasteiger partial charge in [-0.15, -0.1) is 0 Å². The lowest BCUT2D eigenvalue weighted by atomic mass is 9.85. The number of carbonyl (C=O) groups excluding carboxylic acids is 1. The fourth-order valence-electron chi connectivity index (χ4n) is 3.85. The summed E-state index contributed by atoms with van der Waals surface area (Å²) in [6.45, 7) is 11.2. The number of hydrogen-bond donors (Lipinski definition) is 1. The van der Waals surface area contributed by atoms with Crippen molar-refractivity contribution in [2.75, 3.05) is 36.8 Å². The lowest BCUT2D eigenvalue weighted by Gasteiger charge is -2.38. The summed E-state index contributed by atoms with van der Waals surface area (Å²) in [5.74, 6) is -0.779. The van der Waals surface area contributed by atoms with Crippen molar-refractivity contribution < 1.29 is 14.7 Å². The first-order valence-corrected chi connectivity index (χ1v) is 11.1. The number of aryl methyl sites for hydroxylation is 2. The van der Waals surface area contributed by atoms with Crippen molar-refractivity contribution in [3.05, 3.63) is 41.1 Å². The normalized spacial score (nSPS) is 14.8. The highest BCUT2D eigenvalue weighted by molar-refractivity contribution is 8.00. The van der Waals surface area contributed by atoms with Crippen LogP contribution in [0.25, 0.3) is 0 Å². The van der Waals surface area contributed by atoms with Crippen molar-refractivity contribution in [2.24, 2.45) is 7.05 Å². The molecule has 1 aliphatic rings. The number of carboxylic acids is 1. The Morgan fingerprint density at radius 1 is 1.13 bits per heavy atom. The van der Waals surface area contributed by atoms with Crippen molar-refractivity contribution in [3.8, 4) is 0 Å². The van der Waals surface area contributed by atoms with E-state index >= 15 is 0 Å². The molecule has 30 heavy (non-hydrogen) atoms. The third-order valence-electron chi connectivity index (χ3n) is 5.40. The molecule has 8 heteroatoms. The number of para-hydroxylation sites is 1. The standard InChI is InChI=1S/C22H30N4O3S/c1-15-19(21(28)29)20(24(5)23-15)30-14-18(27)26-12-10-25(11-13-26)17-9-7-6-8-16(17)22(2,3)4/h6-9H,10-14H2,1-5H3,(H,28,29). The van der Waals surface area contributed by atoms with E-state index in [2.05, 4.69) is 55.0 Å².